The van der Waals surface area contributed by atoms with Crippen LogP contribution >= 0.6 is 0 Å². The third-order valence-corrected chi connectivity index (χ3v) is 14.3. The van der Waals surface area contributed by atoms with Crippen LogP contribution in [0.4, 0.5) is 87.8 Å². The van der Waals surface area contributed by atoms with Crippen molar-refractivity contribution >= 4 is 33.7 Å². The number of hydrogen-bond donors (Lipinski definition) is 4. The fourth-order valence-electron chi connectivity index (χ4n) is 10.5. The molecule has 9 aromatic rings. The number of nitrogens with zero attached hydrogens (tertiary/aromatic N) is 2. The molecule has 8 bridgehead atoms. The monoisotopic (exact) mass is 1190 g/mol. The first-order valence-corrected chi connectivity index (χ1v) is 24.1. The second-order valence-corrected chi connectivity index (χ2v) is 18.8. The number of allylic oxidation sites excluding steroid dienone is 4. The molecule has 1 atom stereocenters. The normalized spacial score (nSPS) is 18.5. The van der Waals surface area contributed by atoms with E-state index in [4.69, 9.17) is 0 Å². The molecule has 4 aromatic heterocycles. The molecule has 3 aliphatic rings. The Bertz CT molecular complexity index is 4650. The number of aromatic nitrogens is 4. The SMILES string of the molecule is Fc1c(F)c(F)c(/C2=C3\C=CC(=N3)/C(c3c(F)c(F)c(F)c(F)c3F)=c3/cc/c([nH]3)=C(\c3c(F)c(F)c(F)c(F)c3F)c3ccc([nH]3)C(C3=N/C(=C(/c4ccccc4)c4ccc[nH]4)C=C3)(c3c(F)c(F)c(F)c(F)c3F)c3ccc2[nH]3)c(F)c1F. The lowest BCUT2D eigenvalue weighted by Crippen LogP contribution is -2.41. The standard InChI is InChI=1S/C59H22F20N6/c60-39-35(40(61)48(69)55(76)47(39)68)32-22-8-10-24(81-22)33(36-41(62)49(70)56(77)50(71)42(36)63)26-13-16-29(84-26)59(38-45(66)53(74)58(79)54(75)46(38)67,28-15-12-21(83-28)31(20-7-4-18-80-20)19-5-2-1-3-6-19)30-17-14-27(85-30)34(25-11-9-23(32)82-25)37-43(64)51(72)57(78)52(73)44(37)65/h1-18,80-81,84-85H/b31-21-,32-22+,33-24+,34-25+. The van der Waals surface area contributed by atoms with Gasteiger partial charge in [-0.3, -0.25) is 4.99 Å². The van der Waals surface area contributed by atoms with Crippen LogP contribution in [0.5, 0.6) is 0 Å². The molecule has 7 heterocycles. The highest BCUT2D eigenvalue weighted by Gasteiger charge is 2.51. The van der Waals surface area contributed by atoms with E-state index in [1.807, 2.05) is 0 Å². The van der Waals surface area contributed by atoms with Crippen molar-refractivity contribution in [2.75, 3.05) is 0 Å². The van der Waals surface area contributed by atoms with E-state index in [0.29, 0.717) is 54.1 Å². The lowest BCUT2D eigenvalue weighted by atomic mass is 9.70. The highest BCUT2D eigenvalue weighted by atomic mass is 19.2. The van der Waals surface area contributed by atoms with Crippen LogP contribution in [0.2, 0.25) is 0 Å². The summed E-state index contributed by atoms with van der Waals surface area (Å²) in [6.45, 7) is 0. The molecule has 0 spiro atoms. The van der Waals surface area contributed by atoms with Crippen LogP contribution in [0.3, 0.4) is 0 Å². The summed E-state index contributed by atoms with van der Waals surface area (Å²) in [5, 5.41) is -1.91. The van der Waals surface area contributed by atoms with E-state index in [1.54, 1.807) is 30.3 Å². The number of benzene rings is 5. The van der Waals surface area contributed by atoms with Gasteiger partial charge in [0, 0.05) is 67.7 Å². The zero-order valence-corrected chi connectivity index (χ0v) is 41.3. The van der Waals surface area contributed by atoms with Crippen LogP contribution in [0.1, 0.15) is 56.3 Å². The number of aliphatic imine (C=N–C) groups is 2. The number of H-pyrrole nitrogens is 4. The summed E-state index contributed by atoms with van der Waals surface area (Å²) in [5.41, 5.74) is -21.0. The number of aromatic amines is 4. The predicted molar refractivity (Wildman–Crippen MR) is 263 cm³/mol. The molecule has 4 N–H and O–H groups in total. The maximum Gasteiger partial charge on any atom is 0.200 e. The van der Waals surface area contributed by atoms with E-state index < -0.39 is 211 Å². The topological polar surface area (TPSA) is 87.9 Å². The Balaban J connectivity index is 1.33. The first kappa shape index (κ1) is 55.4. The fraction of sp³-hybridized carbons (Fsp3) is 0.0169. The van der Waals surface area contributed by atoms with Gasteiger partial charge in [-0.25, -0.2) is 92.8 Å². The van der Waals surface area contributed by atoms with Crippen molar-refractivity contribution in [3.8, 4) is 0 Å². The first-order valence-electron chi connectivity index (χ1n) is 24.1. The van der Waals surface area contributed by atoms with Gasteiger partial charge in [0.2, 0.25) is 23.3 Å². The second-order valence-electron chi connectivity index (χ2n) is 18.8. The number of rotatable bonds is 7. The third-order valence-electron chi connectivity index (χ3n) is 14.3. The summed E-state index contributed by atoms with van der Waals surface area (Å²) in [7, 11) is 0. The number of hydrogen-bond acceptors (Lipinski definition) is 2. The van der Waals surface area contributed by atoms with Crippen LogP contribution in [-0.4, -0.2) is 31.4 Å². The molecule has 3 aliphatic heterocycles. The molecule has 428 valence electrons. The predicted octanol–water partition coefficient (Wildman–Crippen LogP) is 13.8. The zero-order chi connectivity index (χ0) is 60.6. The quantitative estimate of drug-likeness (QED) is 0.0696. The minimum Gasteiger partial charge on any atom is -0.361 e. The summed E-state index contributed by atoms with van der Waals surface area (Å²) in [6, 6.07) is 15.0. The van der Waals surface area contributed by atoms with E-state index in [0.717, 1.165) is 6.08 Å². The van der Waals surface area contributed by atoms with Gasteiger partial charge in [0.05, 0.1) is 45.1 Å². The van der Waals surface area contributed by atoms with E-state index in [9.17, 15) is 13.2 Å². The third kappa shape index (κ3) is 8.04. The lowest BCUT2D eigenvalue weighted by molar-refractivity contribution is 0.364. The minimum absolute atomic E-state index is 0.170. The maximum absolute atomic E-state index is 17.4. The van der Waals surface area contributed by atoms with Crippen molar-refractivity contribution in [3.63, 3.8) is 0 Å². The molecule has 12 rings (SSSR count). The van der Waals surface area contributed by atoms with Crippen LogP contribution in [0.25, 0.3) is 22.3 Å². The van der Waals surface area contributed by atoms with Crippen LogP contribution < -0.4 is 10.7 Å². The van der Waals surface area contributed by atoms with Crippen molar-refractivity contribution in [2.45, 2.75) is 5.41 Å². The molecule has 0 radical (unpaired) electrons. The van der Waals surface area contributed by atoms with Gasteiger partial charge in [-0.1, -0.05) is 30.3 Å². The Morgan fingerprint density at radius 3 is 1.27 bits per heavy atom. The molecule has 0 amide bonds. The van der Waals surface area contributed by atoms with Gasteiger partial charge < -0.3 is 19.9 Å². The smallest absolute Gasteiger partial charge is 0.200 e. The Hall–Kier alpha value is -10.1. The maximum atomic E-state index is 17.4. The zero-order valence-electron chi connectivity index (χ0n) is 41.3. The molecule has 0 saturated carbocycles. The van der Waals surface area contributed by atoms with Gasteiger partial charge in [-0.2, -0.15) is 0 Å². The molecular formula is C59H22F20N6. The molecule has 26 heteroatoms. The van der Waals surface area contributed by atoms with E-state index in [-0.39, 0.29) is 17.0 Å². The van der Waals surface area contributed by atoms with Gasteiger partial charge in [0.1, 0.15) is 5.41 Å². The molecule has 6 nitrogen and oxygen atoms in total. The summed E-state index contributed by atoms with van der Waals surface area (Å²) in [5.74, 6) is -53.1. The Kier molecular flexibility index (Phi) is 13.1. The van der Waals surface area contributed by atoms with Crippen molar-refractivity contribution in [1.82, 2.24) is 19.9 Å². The van der Waals surface area contributed by atoms with Crippen LogP contribution in [-0.2, 0) is 5.41 Å². The Morgan fingerprint density at radius 2 is 0.788 bits per heavy atom. The average molecular weight is 1190 g/mol. The molecule has 0 aliphatic carbocycles. The molecule has 0 fully saturated rings. The number of nitrogens with one attached hydrogen (secondary N) is 4. The molecule has 5 aromatic carbocycles. The summed E-state index contributed by atoms with van der Waals surface area (Å²) >= 11 is 0. The summed E-state index contributed by atoms with van der Waals surface area (Å²) in [6.07, 6.45) is 4.83. The van der Waals surface area contributed by atoms with Crippen molar-refractivity contribution in [1.29, 1.82) is 0 Å². The number of halogens is 20. The van der Waals surface area contributed by atoms with Gasteiger partial charge in [-0.15, -0.1) is 0 Å². The van der Waals surface area contributed by atoms with Gasteiger partial charge in [0.15, 0.2) is 93.1 Å². The summed E-state index contributed by atoms with van der Waals surface area (Å²) < 4.78 is 317. The van der Waals surface area contributed by atoms with E-state index in [2.05, 4.69) is 29.9 Å². The van der Waals surface area contributed by atoms with Crippen molar-refractivity contribution in [2.24, 2.45) is 9.98 Å². The Labute approximate surface area is 459 Å². The summed E-state index contributed by atoms with van der Waals surface area (Å²) in [4.78, 5) is 19.0. The average Bonchev–Trinajstić information content (AvgIpc) is 1.70. The van der Waals surface area contributed by atoms with E-state index >= 15 is 74.6 Å². The van der Waals surface area contributed by atoms with Gasteiger partial charge in [-0.05, 0) is 78.4 Å². The van der Waals surface area contributed by atoms with Gasteiger partial charge >= 0.3 is 0 Å². The molecule has 0 saturated heterocycles. The molecule has 85 heavy (non-hydrogen) atoms. The number of fused-ring (bicyclic) bond motifs is 7. The Morgan fingerprint density at radius 1 is 0.353 bits per heavy atom. The highest BCUT2D eigenvalue weighted by molar-refractivity contribution is 6.30. The lowest BCUT2D eigenvalue weighted by Gasteiger charge is -2.34. The van der Waals surface area contributed by atoms with Crippen LogP contribution in [0.15, 0.2) is 131 Å². The highest BCUT2D eigenvalue weighted by Crippen LogP contribution is 2.49. The van der Waals surface area contributed by atoms with Crippen LogP contribution in [0, 0.1) is 116 Å². The molecular weight excluding hydrogens is 1170 g/mol. The second kappa shape index (κ2) is 20.0. The fourth-order valence-corrected chi connectivity index (χ4v) is 10.5. The van der Waals surface area contributed by atoms with Crippen molar-refractivity contribution in [3.05, 3.63) is 304 Å². The van der Waals surface area contributed by atoms with E-state index in [1.165, 1.54) is 24.4 Å². The first-order chi connectivity index (χ1) is 40.5. The minimum atomic E-state index is -3.41. The largest absolute Gasteiger partial charge is 0.361 e. The van der Waals surface area contributed by atoms with Gasteiger partial charge in [0.25, 0.3) is 0 Å². The van der Waals surface area contributed by atoms with Crippen molar-refractivity contribution < 1.29 is 87.8 Å². The molecule has 1 unspecified atom stereocenters.